The van der Waals surface area contributed by atoms with E-state index in [1.54, 1.807) is 0 Å². The van der Waals surface area contributed by atoms with Crippen molar-refractivity contribution in [1.82, 2.24) is 0 Å². The van der Waals surface area contributed by atoms with Crippen molar-refractivity contribution in [3.05, 3.63) is 23.8 Å². The lowest BCUT2D eigenvalue weighted by Gasteiger charge is -2.22. The van der Waals surface area contributed by atoms with Crippen molar-refractivity contribution in [2.45, 2.75) is 58.2 Å². The van der Waals surface area contributed by atoms with Gasteiger partial charge in [0.25, 0.3) is 0 Å². The Hall–Kier alpha value is -0.930. The minimum atomic E-state index is -0.0206. The van der Waals surface area contributed by atoms with Gasteiger partial charge in [0.15, 0.2) is 6.29 Å². The molecule has 0 spiro atoms. The molecular formula is C17H26O3. The van der Waals surface area contributed by atoms with E-state index >= 15 is 0 Å². The number of carbonyl (C=O) groups is 1. The Morgan fingerprint density at radius 2 is 2.25 bits per heavy atom. The highest BCUT2D eigenvalue weighted by molar-refractivity contribution is 5.79. The third kappa shape index (κ3) is 5.59. The first-order chi connectivity index (χ1) is 9.74. The molecule has 112 valence electrons. The molecule has 1 saturated heterocycles. The summed E-state index contributed by atoms with van der Waals surface area (Å²) in [4.78, 5) is 11.4. The molecule has 20 heavy (non-hydrogen) atoms. The Morgan fingerprint density at radius 3 is 3.00 bits per heavy atom. The third-order valence-electron chi connectivity index (χ3n) is 3.98. The average Bonchev–Trinajstić information content (AvgIpc) is 2.46. The maximum atomic E-state index is 11.4. The van der Waals surface area contributed by atoms with E-state index in [9.17, 15) is 4.79 Å². The number of hydrogen-bond donors (Lipinski definition) is 0. The van der Waals surface area contributed by atoms with Gasteiger partial charge in [0, 0.05) is 19.4 Å². The van der Waals surface area contributed by atoms with E-state index in [0.29, 0.717) is 18.3 Å². The van der Waals surface area contributed by atoms with E-state index in [1.165, 1.54) is 12.0 Å². The Balaban J connectivity index is 1.68. The Kier molecular flexibility index (Phi) is 6.48. The fraction of sp³-hybridized carbons (Fsp3) is 0.706. The summed E-state index contributed by atoms with van der Waals surface area (Å²) in [5, 5.41) is 0. The number of ether oxygens (including phenoxy) is 2. The van der Waals surface area contributed by atoms with Gasteiger partial charge in [-0.1, -0.05) is 23.8 Å². The summed E-state index contributed by atoms with van der Waals surface area (Å²) in [6.07, 6.45) is 13.4. The van der Waals surface area contributed by atoms with Crippen LogP contribution in [0, 0.1) is 5.92 Å². The number of rotatable bonds is 5. The highest BCUT2D eigenvalue weighted by Gasteiger charge is 2.16. The Morgan fingerprint density at radius 1 is 1.35 bits per heavy atom. The first-order valence-electron chi connectivity index (χ1n) is 7.84. The zero-order chi connectivity index (χ0) is 14.2. The summed E-state index contributed by atoms with van der Waals surface area (Å²) in [5.41, 5.74) is 1.19. The second-order valence-electron chi connectivity index (χ2n) is 5.83. The zero-order valence-corrected chi connectivity index (χ0v) is 12.5. The molecule has 2 rings (SSSR count). The summed E-state index contributed by atoms with van der Waals surface area (Å²) >= 11 is 0. The molecule has 3 nitrogen and oxygen atoms in total. The maximum Gasteiger partial charge on any atom is 0.157 e. The van der Waals surface area contributed by atoms with Crippen LogP contribution in [0.5, 0.6) is 0 Å². The van der Waals surface area contributed by atoms with Crippen LogP contribution >= 0.6 is 0 Å². The van der Waals surface area contributed by atoms with Crippen LogP contribution in [0.3, 0.4) is 0 Å². The SMILES string of the molecule is CC(/C=C\C1CCCC(=O)C1)=C/COC1CCCCO1. The predicted octanol–water partition coefficient (Wildman–Crippen LogP) is 3.79. The van der Waals surface area contributed by atoms with Crippen LogP contribution in [-0.2, 0) is 14.3 Å². The van der Waals surface area contributed by atoms with Crippen LogP contribution in [-0.4, -0.2) is 25.3 Å². The summed E-state index contributed by atoms with van der Waals surface area (Å²) in [7, 11) is 0. The molecular weight excluding hydrogens is 252 g/mol. The molecule has 0 radical (unpaired) electrons. The third-order valence-corrected chi connectivity index (χ3v) is 3.98. The van der Waals surface area contributed by atoms with Crippen molar-refractivity contribution < 1.29 is 14.3 Å². The van der Waals surface area contributed by atoms with E-state index in [4.69, 9.17) is 9.47 Å². The fourth-order valence-electron chi connectivity index (χ4n) is 2.71. The second kappa shape index (κ2) is 8.38. The van der Waals surface area contributed by atoms with Gasteiger partial charge < -0.3 is 9.47 Å². The monoisotopic (exact) mass is 278 g/mol. The molecule has 2 fully saturated rings. The van der Waals surface area contributed by atoms with E-state index in [1.807, 2.05) is 0 Å². The topological polar surface area (TPSA) is 35.5 Å². The molecule has 1 aliphatic heterocycles. The van der Waals surface area contributed by atoms with Crippen molar-refractivity contribution in [3.8, 4) is 0 Å². The zero-order valence-electron chi connectivity index (χ0n) is 12.5. The standard InChI is InChI=1S/C17H26O3/c1-14(8-9-15-5-4-6-16(18)13-15)10-12-20-17-7-2-3-11-19-17/h8-10,15,17H,2-7,11-13H2,1H3/b9-8-,14-10-. The van der Waals surface area contributed by atoms with E-state index in [2.05, 4.69) is 25.2 Å². The summed E-state index contributed by atoms with van der Waals surface area (Å²) in [5.74, 6) is 0.840. The Bertz CT molecular complexity index is 364. The summed E-state index contributed by atoms with van der Waals surface area (Å²) in [6.45, 7) is 3.50. The summed E-state index contributed by atoms with van der Waals surface area (Å²) < 4.78 is 11.2. The van der Waals surface area contributed by atoms with Crippen molar-refractivity contribution >= 4 is 5.78 Å². The van der Waals surface area contributed by atoms with Gasteiger partial charge in [-0.05, 0) is 44.9 Å². The molecule has 1 aliphatic carbocycles. The van der Waals surface area contributed by atoms with E-state index in [-0.39, 0.29) is 6.29 Å². The van der Waals surface area contributed by atoms with Crippen LogP contribution in [0.1, 0.15) is 51.9 Å². The molecule has 2 unspecified atom stereocenters. The first-order valence-corrected chi connectivity index (χ1v) is 7.84. The molecule has 2 atom stereocenters. The lowest BCUT2D eigenvalue weighted by molar-refractivity contribution is -0.155. The van der Waals surface area contributed by atoms with Gasteiger partial charge in [-0.15, -0.1) is 0 Å². The summed E-state index contributed by atoms with van der Waals surface area (Å²) in [6, 6.07) is 0. The number of hydrogen-bond acceptors (Lipinski definition) is 3. The molecule has 0 aromatic carbocycles. The maximum absolute atomic E-state index is 11.4. The van der Waals surface area contributed by atoms with Crippen molar-refractivity contribution in [2.24, 2.45) is 5.92 Å². The molecule has 2 aliphatic rings. The quantitative estimate of drug-likeness (QED) is 0.718. The van der Waals surface area contributed by atoms with Crippen molar-refractivity contribution in [3.63, 3.8) is 0 Å². The molecule has 0 aromatic rings. The average molecular weight is 278 g/mol. The molecule has 1 heterocycles. The van der Waals surface area contributed by atoms with Crippen LogP contribution < -0.4 is 0 Å². The van der Waals surface area contributed by atoms with Crippen molar-refractivity contribution in [1.29, 1.82) is 0 Å². The lowest BCUT2D eigenvalue weighted by Crippen LogP contribution is -2.22. The largest absolute Gasteiger partial charge is 0.353 e. The van der Waals surface area contributed by atoms with Gasteiger partial charge in [-0.3, -0.25) is 4.79 Å². The smallest absolute Gasteiger partial charge is 0.157 e. The van der Waals surface area contributed by atoms with E-state index < -0.39 is 0 Å². The molecule has 3 heteroatoms. The van der Waals surface area contributed by atoms with Crippen LogP contribution in [0.4, 0.5) is 0 Å². The minimum Gasteiger partial charge on any atom is -0.353 e. The van der Waals surface area contributed by atoms with Gasteiger partial charge >= 0.3 is 0 Å². The molecule has 0 aromatic heterocycles. The van der Waals surface area contributed by atoms with Crippen LogP contribution in [0.25, 0.3) is 0 Å². The highest BCUT2D eigenvalue weighted by Crippen LogP contribution is 2.22. The number of ketones is 1. The van der Waals surface area contributed by atoms with Gasteiger partial charge in [0.1, 0.15) is 5.78 Å². The number of allylic oxidation sites excluding steroid dienone is 3. The minimum absolute atomic E-state index is 0.0206. The molecule has 0 amide bonds. The number of carbonyl (C=O) groups excluding carboxylic acids is 1. The molecule has 0 bridgehead atoms. The van der Waals surface area contributed by atoms with Crippen LogP contribution in [0.2, 0.25) is 0 Å². The van der Waals surface area contributed by atoms with Gasteiger partial charge in [-0.25, -0.2) is 0 Å². The molecule has 1 saturated carbocycles. The first kappa shape index (κ1) is 15.5. The van der Waals surface area contributed by atoms with Crippen molar-refractivity contribution in [2.75, 3.05) is 13.2 Å². The Labute approximate surface area is 122 Å². The predicted molar refractivity (Wildman–Crippen MR) is 79.4 cm³/mol. The van der Waals surface area contributed by atoms with Gasteiger partial charge in [-0.2, -0.15) is 0 Å². The van der Waals surface area contributed by atoms with E-state index in [0.717, 1.165) is 45.1 Å². The lowest BCUT2D eigenvalue weighted by atomic mass is 9.88. The van der Waals surface area contributed by atoms with Gasteiger partial charge in [0.2, 0.25) is 0 Å². The normalized spacial score (nSPS) is 29.1. The fourth-order valence-corrected chi connectivity index (χ4v) is 2.71. The highest BCUT2D eigenvalue weighted by atomic mass is 16.7. The second-order valence-corrected chi connectivity index (χ2v) is 5.83. The van der Waals surface area contributed by atoms with Gasteiger partial charge in [0.05, 0.1) is 6.61 Å². The van der Waals surface area contributed by atoms with Crippen LogP contribution in [0.15, 0.2) is 23.8 Å². The number of Topliss-reactive ketones (excluding diaryl/α,β-unsaturated/α-hetero) is 1. The molecule has 0 N–H and O–H groups in total.